The Balaban J connectivity index is 0.000000371. The lowest BCUT2D eigenvalue weighted by molar-refractivity contribution is 1.08. The summed E-state index contributed by atoms with van der Waals surface area (Å²) >= 11 is 2.13. The Morgan fingerprint density at radius 3 is 2.20 bits per heavy atom. The number of nitrogens with zero attached hydrogens (tertiary/aromatic N) is 2. The topological polar surface area (TPSA) is 25.8 Å². The van der Waals surface area contributed by atoms with Crippen molar-refractivity contribution in [2.24, 2.45) is 0 Å². The summed E-state index contributed by atoms with van der Waals surface area (Å²) in [6.45, 7) is 5.93. The summed E-state index contributed by atoms with van der Waals surface area (Å²) in [5, 5.41) is 0. The van der Waals surface area contributed by atoms with E-state index in [1.54, 1.807) is 12.4 Å². The van der Waals surface area contributed by atoms with Gasteiger partial charge in [-0.15, -0.1) is 0 Å². The van der Waals surface area contributed by atoms with Gasteiger partial charge >= 0.3 is 0 Å². The molecular formula is C7H11IN2. The zero-order valence-corrected chi connectivity index (χ0v) is 8.58. The minimum absolute atomic E-state index is 0.947. The molecule has 10 heavy (non-hydrogen) atoms. The van der Waals surface area contributed by atoms with Crippen molar-refractivity contribution in [3.8, 4) is 0 Å². The summed E-state index contributed by atoms with van der Waals surface area (Å²) in [7, 11) is 0. The third-order valence-corrected chi connectivity index (χ3v) is 1.25. The van der Waals surface area contributed by atoms with E-state index >= 15 is 0 Å². The van der Waals surface area contributed by atoms with Crippen LogP contribution in [0.15, 0.2) is 12.4 Å². The van der Waals surface area contributed by atoms with E-state index in [-0.39, 0.29) is 0 Å². The minimum Gasteiger partial charge on any atom is -0.260 e. The summed E-state index contributed by atoms with van der Waals surface area (Å²) in [6.07, 6.45) is 3.47. The fraction of sp³-hybridized carbons (Fsp3) is 0.429. The van der Waals surface area contributed by atoms with E-state index in [4.69, 9.17) is 0 Å². The maximum Gasteiger partial charge on any atom is 0.119 e. The van der Waals surface area contributed by atoms with Gasteiger partial charge in [0.25, 0.3) is 0 Å². The maximum atomic E-state index is 4.10. The molecule has 0 N–H and O–H groups in total. The third-order valence-electron chi connectivity index (χ3n) is 0.726. The Morgan fingerprint density at radius 1 is 1.30 bits per heavy atom. The molecule has 0 aliphatic rings. The number of aryl methyl sites for hydroxylation is 1. The number of rotatable bonds is 0. The molecule has 0 bridgehead atoms. The quantitative estimate of drug-likeness (QED) is 0.661. The van der Waals surface area contributed by atoms with Crippen molar-refractivity contribution in [1.29, 1.82) is 0 Å². The molecular weight excluding hydrogens is 239 g/mol. The molecule has 2 nitrogen and oxygen atoms in total. The molecule has 1 aromatic heterocycles. The van der Waals surface area contributed by atoms with E-state index in [1.807, 2.05) is 20.8 Å². The molecule has 3 heteroatoms. The molecule has 0 fully saturated rings. The van der Waals surface area contributed by atoms with Gasteiger partial charge in [0.2, 0.25) is 0 Å². The minimum atomic E-state index is 0.947. The molecule has 1 rings (SSSR count). The first-order valence-corrected chi connectivity index (χ1v) is 4.31. The Morgan fingerprint density at radius 2 is 1.90 bits per heavy atom. The second kappa shape index (κ2) is 5.58. The van der Waals surface area contributed by atoms with Crippen molar-refractivity contribution in [3.05, 3.63) is 21.8 Å². The van der Waals surface area contributed by atoms with Crippen LogP contribution in [0.4, 0.5) is 0 Å². The van der Waals surface area contributed by atoms with Crippen LogP contribution >= 0.6 is 22.6 Å². The summed E-state index contributed by atoms with van der Waals surface area (Å²) in [5.74, 6) is 0. The molecule has 0 aliphatic heterocycles. The summed E-state index contributed by atoms with van der Waals surface area (Å²) in [5.41, 5.74) is 0.969. The summed E-state index contributed by atoms with van der Waals surface area (Å²) < 4.78 is 0.947. The van der Waals surface area contributed by atoms with Crippen molar-refractivity contribution in [3.63, 3.8) is 0 Å². The van der Waals surface area contributed by atoms with Gasteiger partial charge in [-0.05, 0) is 29.5 Å². The predicted octanol–water partition coefficient (Wildman–Crippen LogP) is 2.42. The van der Waals surface area contributed by atoms with E-state index in [0.29, 0.717) is 0 Å². The Labute approximate surface area is 75.2 Å². The molecule has 0 atom stereocenters. The Kier molecular flexibility index (Phi) is 5.48. The Hall–Kier alpha value is -0.190. The van der Waals surface area contributed by atoms with Crippen LogP contribution in [-0.4, -0.2) is 9.97 Å². The normalized spacial score (nSPS) is 8.00. The lowest BCUT2D eigenvalue weighted by atomic mass is 10.5. The van der Waals surface area contributed by atoms with Gasteiger partial charge in [0.15, 0.2) is 0 Å². The van der Waals surface area contributed by atoms with Crippen LogP contribution in [0.1, 0.15) is 19.5 Å². The summed E-state index contributed by atoms with van der Waals surface area (Å²) in [6, 6.07) is 0. The van der Waals surface area contributed by atoms with Gasteiger partial charge in [-0.25, -0.2) is 4.98 Å². The second-order valence-electron chi connectivity index (χ2n) is 1.48. The van der Waals surface area contributed by atoms with Gasteiger partial charge < -0.3 is 0 Å². The fourth-order valence-electron chi connectivity index (χ4n) is 0.433. The predicted molar refractivity (Wildman–Crippen MR) is 50.8 cm³/mol. The first-order chi connectivity index (χ1) is 4.79. The molecule has 0 aliphatic carbocycles. The highest BCUT2D eigenvalue weighted by atomic mass is 127. The molecule has 56 valence electrons. The first-order valence-electron chi connectivity index (χ1n) is 3.23. The maximum absolute atomic E-state index is 4.10. The van der Waals surface area contributed by atoms with Crippen molar-refractivity contribution in [2.75, 3.05) is 0 Å². The summed E-state index contributed by atoms with van der Waals surface area (Å²) in [4.78, 5) is 8.01. The van der Waals surface area contributed by atoms with Crippen molar-refractivity contribution < 1.29 is 0 Å². The van der Waals surface area contributed by atoms with Crippen LogP contribution in [0.5, 0.6) is 0 Å². The van der Waals surface area contributed by atoms with Crippen molar-refractivity contribution in [1.82, 2.24) is 9.97 Å². The number of hydrogen-bond acceptors (Lipinski definition) is 2. The lowest BCUT2D eigenvalue weighted by Crippen LogP contribution is -1.84. The fourth-order valence-corrected chi connectivity index (χ4v) is 0.974. The molecule has 0 aromatic carbocycles. The monoisotopic (exact) mass is 250 g/mol. The zero-order chi connectivity index (χ0) is 7.98. The average molecular weight is 250 g/mol. The van der Waals surface area contributed by atoms with E-state index in [1.165, 1.54) is 0 Å². The van der Waals surface area contributed by atoms with Gasteiger partial charge in [-0.2, -0.15) is 0 Å². The smallest absolute Gasteiger partial charge is 0.119 e. The van der Waals surface area contributed by atoms with Crippen LogP contribution in [0, 0.1) is 10.6 Å². The molecule has 0 saturated heterocycles. The number of hydrogen-bond donors (Lipinski definition) is 0. The average Bonchev–Trinajstić information content (AvgIpc) is 1.91. The largest absolute Gasteiger partial charge is 0.260 e. The van der Waals surface area contributed by atoms with E-state index in [0.717, 1.165) is 9.39 Å². The Bertz CT molecular complexity index is 171. The van der Waals surface area contributed by atoms with E-state index < -0.39 is 0 Å². The zero-order valence-electron chi connectivity index (χ0n) is 6.43. The SMILES string of the molecule is CC.Cc1cncc(I)n1. The van der Waals surface area contributed by atoms with Gasteiger partial charge in [-0.1, -0.05) is 13.8 Å². The van der Waals surface area contributed by atoms with E-state index in [2.05, 4.69) is 32.6 Å². The molecule has 0 radical (unpaired) electrons. The molecule has 1 heterocycles. The highest BCUT2D eigenvalue weighted by Crippen LogP contribution is 1.96. The van der Waals surface area contributed by atoms with Crippen LogP contribution in [0.25, 0.3) is 0 Å². The third kappa shape index (κ3) is 3.76. The van der Waals surface area contributed by atoms with Gasteiger partial charge in [0, 0.05) is 6.20 Å². The highest BCUT2D eigenvalue weighted by Gasteiger charge is 1.85. The molecule has 0 amide bonds. The van der Waals surface area contributed by atoms with Crippen molar-refractivity contribution >= 4 is 22.6 Å². The van der Waals surface area contributed by atoms with Gasteiger partial charge in [0.05, 0.1) is 11.9 Å². The van der Waals surface area contributed by atoms with Crippen LogP contribution in [-0.2, 0) is 0 Å². The highest BCUT2D eigenvalue weighted by molar-refractivity contribution is 14.1. The van der Waals surface area contributed by atoms with Gasteiger partial charge in [0.1, 0.15) is 3.70 Å². The molecule has 0 spiro atoms. The molecule has 0 saturated carbocycles. The lowest BCUT2D eigenvalue weighted by Gasteiger charge is -1.87. The number of halogens is 1. The van der Waals surface area contributed by atoms with Crippen LogP contribution in [0.3, 0.4) is 0 Å². The van der Waals surface area contributed by atoms with Crippen LogP contribution in [0.2, 0.25) is 0 Å². The van der Waals surface area contributed by atoms with Crippen LogP contribution < -0.4 is 0 Å². The first kappa shape index (κ1) is 9.81. The number of aromatic nitrogens is 2. The van der Waals surface area contributed by atoms with Gasteiger partial charge in [-0.3, -0.25) is 4.98 Å². The standard InChI is InChI=1S/C5H5IN2.C2H6/c1-4-2-7-3-5(6)8-4;1-2/h2-3H,1H3;1-2H3. The molecule has 1 aromatic rings. The molecule has 0 unspecified atom stereocenters. The van der Waals surface area contributed by atoms with Crippen molar-refractivity contribution in [2.45, 2.75) is 20.8 Å². The van der Waals surface area contributed by atoms with E-state index in [9.17, 15) is 0 Å². The second-order valence-corrected chi connectivity index (χ2v) is 2.59.